The van der Waals surface area contributed by atoms with Crippen LogP contribution in [0.3, 0.4) is 0 Å². The van der Waals surface area contributed by atoms with Crippen molar-refractivity contribution in [3.8, 4) is 0 Å². The Labute approximate surface area is 157 Å². The highest BCUT2D eigenvalue weighted by Gasteiger charge is 2.23. The van der Waals surface area contributed by atoms with E-state index < -0.39 is 10.5 Å². The predicted octanol–water partition coefficient (Wildman–Crippen LogP) is 2.44. The second kappa shape index (κ2) is 6.84. The van der Waals surface area contributed by atoms with Crippen LogP contribution in [0.15, 0.2) is 58.5 Å². The minimum atomic E-state index is -0.566. The SMILES string of the molecule is O=C(Cn1cnc2ccc([N+](=O)[O-])cc2c1=O)N1CCSc2ccccc21. The average molecular weight is 382 g/mol. The Morgan fingerprint density at radius 1 is 1.26 bits per heavy atom. The number of amides is 1. The third-order valence-electron chi connectivity index (χ3n) is 4.35. The molecule has 27 heavy (non-hydrogen) atoms. The molecule has 8 nitrogen and oxygen atoms in total. The van der Waals surface area contributed by atoms with E-state index in [-0.39, 0.29) is 23.5 Å². The Morgan fingerprint density at radius 2 is 2.07 bits per heavy atom. The molecule has 0 radical (unpaired) electrons. The number of aromatic nitrogens is 2. The summed E-state index contributed by atoms with van der Waals surface area (Å²) < 4.78 is 1.19. The van der Waals surface area contributed by atoms with Crippen LogP contribution in [0.4, 0.5) is 11.4 Å². The van der Waals surface area contributed by atoms with Crippen LogP contribution in [-0.2, 0) is 11.3 Å². The molecule has 0 N–H and O–H groups in total. The molecule has 1 amide bonds. The van der Waals surface area contributed by atoms with Gasteiger partial charge in [0.2, 0.25) is 5.91 Å². The summed E-state index contributed by atoms with van der Waals surface area (Å²) in [5, 5.41) is 11.1. The van der Waals surface area contributed by atoms with Crippen LogP contribution in [0.2, 0.25) is 0 Å². The highest BCUT2D eigenvalue weighted by molar-refractivity contribution is 7.99. The van der Waals surface area contributed by atoms with E-state index >= 15 is 0 Å². The lowest BCUT2D eigenvalue weighted by Gasteiger charge is -2.29. The van der Waals surface area contributed by atoms with Crippen molar-refractivity contribution in [2.75, 3.05) is 17.2 Å². The van der Waals surface area contributed by atoms with Crippen molar-refractivity contribution < 1.29 is 9.72 Å². The van der Waals surface area contributed by atoms with Gasteiger partial charge in [-0.05, 0) is 18.2 Å². The number of fused-ring (bicyclic) bond motifs is 2. The molecule has 136 valence electrons. The molecule has 0 saturated heterocycles. The molecule has 0 atom stereocenters. The fourth-order valence-electron chi connectivity index (χ4n) is 3.03. The molecule has 0 unspecified atom stereocenters. The molecule has 0 saturated carbocycles. The Balaban J connectivity index is 1.68. The zero-order valence-electron chi connectivity index (χ0n) is 14.1. The molecular weight excluding hydrogens is 368 g/mol. The van der Waals surface area contributed by atoms with E-state index in [0.717, 1.165) is 16.3 Å². The molecule has 0 spiro atoms. The third-order valence-corrected chi connectivity index (χ3v) is 5.40. The molecule has 1 aliphatic heterocycles. The summed E-state index contributed by atoms with van der Waals surface area (Å²) in [5.41, 5.74) is 0.523. The number of nitro groups is 1. The Hall–Kier alpha value is -3.20. The van der Waals surface area contributed by atoms with E-state index in [0.29, 0.717) is 12.1 Å². The number of hydrogen-bond donors (Lipinski definition) is 0. The summed E-state index contributed by atoms with van der Waals surface area (Å²) in [6, 6.07) is 11.6. The fraction of sp³-hybridized carbons (Fsp3) is 0.167. The van der Waals surface area contributed by atoms with Gasteiger partial charge in [-0.2, -0.15) is 0 Å². The molecule has 1 aliphatic rings. The first-order valence-electron chi connectivity index (χ1n) is 8.20. The first-order chi connectivity index (χ1) is 13.0. The topological polar surface area (TPSA) is 98.3 Å². The number of anilines is 1. The standard InChI is InChI=1S/C18H14N4O4S/c23-17(21-7-8-27-16-4-2-1-3-15(16)21)10-20-11-19-14-6-5-12(22(25)26)9-13(14)18(20)24/h1-6,9,11H,7-8,10H2. The van der Waals surface area contributed by atoms with E-state index in [1.807, 2.05) is 24.3 Å². The highest BCUT2D eigenvalue weighted by atomic mass is 32.2. The van der Waals surface area contributed by atoms with E-state index in [1.54, 1.807) is 16.7 Å². The summed E-state index contributed by atoms with van der Waals surface area (Å²) in [4.78, 5) is 42.7. The number of hydrogen-bond acceptors (Lipinski definition) is 6. The number of nitro benzene ring substituents is 1. The number of non-ortho nitro benzene ring substituents is 1. The lowest BCUT2D eigenvalue weighted by Crippen LogP contribution is -2.39. The predicted molar refractivity (Wildman–Crippen MR) is 102 cm³/mol. The second-order valence-electron chi connectivity index (χ2n) is 6.00. The van der Waals surface area contributed by atoms with Gasteiger partial charge in [0.1, 0.15) is 6.54 Å². The van der Waals surface area contributed by atoms with E-state index in [1.165, 1.54) is 29.1 Å². The zero-order valence-corrected chi connectivity index (χ0v) is 14.9. The molecule has 0 aliphatic carbocycles. The maximum absolute atomic E-state index is 12.8. The fourth-order valence-corrected chi connectivity index (χ4v) is 4.03. The Morgan fingerprint density at radius 3 is 2.89 bits per heavy atom. The molecule has 0 fully saturated rings. The summed E-state index contributed by atoms with van der Waals surface area (Å²) in [6.45, 7) is 0.380. The highest BCUT2D eigenvalue weighted by Crippen LogP contribution is 2.34. The van der Waals surface area contributed by atoms with Crippen molar-refractivity contribution in [1.82, 2.24) is 9.55 Å². The van der Waals surface area contributed by atoms with E-state index in [4.69, 9.17) is 0 Å². The van der Waals surface area contributed by atoms with Crippen LogP contribution in [0.1, 0.15) is 0 Å². The van der Waals surface area contributed by atoms with E-state index in [2.05, 4.69) is 4.98 Å². The average Bonchev–Trinajstić information content (AvgIpc) is 2.69. The monoisotopic (exact) mass is 382 g/mol. The van der Waals surface area contributed by atoms with Crippen LogP contribution in [-0.4, -0.2) is 32.7 Å². The zero-order chi connectivity index (χ0) is 19.0. The molecule has 9 heteroatoms. The maximum Gasteiger partial charge on any atom is 0.270 e. The maximum atomic E-state index is 12.8. The van der Waals surface area contributed by atoms with Gasteiger partial charge in [-0.3, -0.25) is 24.3 Å². The third kappa shape index (κ3) is 3.17. The smallest absolute Gasteiger partial charge is 0.270 e. The minimum absolute atomic E-state index is 0.120. The van der Waals surface area contributed by atoms with Gasteiger partial charge in [0.15, 0.2) is 0 Å². The van der Waals surface area contributed by atoms with Crippen molar-refractivity contribution in [2.45, 2.75) is 11.4 Å². The number of para-hydroxylation sites is 1. The summed E-state index contributed by atoms with van der Waals surface area (Å²) in [6.07, 6.45) is 1.30. The number of rotatable bonds is 3. The van der Waals surface area contributed by atoms with Crippen LogP contribution in [0.25, 0.3) is 10.9 Å². The summed E-state index contributed by atoms with van der Waals surface area (Å²) >= 11 is 1.69. The van der Waals surface area contributed by atoms with Gasteiger partial charge in [-0.1, -0.05) is 12.1 Å². The lowest BCUT2D eigenvalue weighted by molar-refractivity contribution is -0.384. The number of carbonyl (C=O) groups excluding carboxylic acids is 1. The lowest BCUT2D eigenvalue weighted by atomic mass is 10.2. The quantitative estimate of drug-likeness (QED) is 0.510. The molecule has 4 rings (SSSR count). The first-order valence-corrected chi connectivity index (χ1v) is 9.19. The normalized spacial score (nSPS) is 13.4. The van der Waals surface area contributed by atoms with Gasteiger partial charge in [-0.15, -0.1) is 11.8 Å². The van der Waals surface area contributed by atoms with Crippen molar-refractivity contribution in [3.63, 3.8) is 0 Å². The molecule has 2 heterocycles. The van der Waals surface area contributed by atoms with Crippen molar-refractivity contribution in [2.24, 2.45) is 0 Å². The van der Waals surface area contributed by atoms with Crippen molar-refractivity contribution >= 4 is 39.9 Å². The van der Waals surface area contributed by atoms with Gasteiger partial charge < -0.3 is 4.90 Å². The largest absolute Gasteiger partial charge is 0.309 e. The number of benzene rings is 2. The minimum Gasteiger partial charge on any atom is -0.309 e. The number of nitrogens with zero attached hydrogens (tertiary/aromatic N) is 4. The summed E-state index contributed by atoms with van der Waals surface area (Å²) in [7, 11) is 0. The molecule has 3 aromatic rings. The van der Waals surface area contributed by atoms with Gasteiger partial charge in [0, 0.05) is 29.3 Å². The Kier molecular flexibility index (Phi) is 4.36. The van der Waals surface area contributed by atoms with Gasteiger partial charge in [-0.25, -0.2) is 4.98 Å². The molecular formula is C18H14N4O4S. The van der Waals surface area contributed by atoms with Crippen molar-refractivity contribution in [3.05, 3.63) is 69.3 Å². The Bertz CT molecular complexity index is 1130. The van der Waals surface area contributed by atoms with Crippen LogP contribution in [0.5, 0.6) is 0 Å². The number of thioether (sulfide) groups is 1. The molecule has 2 aromatic carbocycles. The van der Waals surface area contributed by atoms with Gasteiger partial charge in [0.25, 0.3) is 11.2 Å². The van der Waals surface area contributed by atoms with Gasteiger partial charge in [0.05, 0.1) is 27.8 Å². The molecule has 1 aromatic heterocycles. The second-order valence-corrected chi connectivity index (χ2v) is 7.13. The van der Waals surface area contributed by atoms with Crippen LogP contribution in [0, 0.1) is 10.1 Å². The first kappa shape index (κ1) is 17.2. The number of carbonyl (C=O) groups is 1. The van der Waals surface area contributed by atoms with Crippen molar-refractivity contribution in [1.29, 1.82) is 0 Å². The van der Waals surface area contributed by atoms with Crippen LogP contribution < -0.4 is 10.5 Å². The van der Waals surface area contributed by atoms with Gasteiger partial charge >= 0.3 is 0 Å². The molecule has 0 bridgehead atoms. The van der Waals surface area contributed by atoms with E-state index in [9.17, 15) is 19.7 Å². The summed E-state index contributed by atoms with van der Waals surface area (Å²) in [5.74, 6) is 0.552. The van der Waals surface area contributed by atoms with Crippen LogP contribution >= 0.6 is 11.8 Å².